The molecule has 0 radical (unpaired) electrons. The molecule has 15 bridgehead atoms. The molecule has 0 spiro atoms. The number of likely N-dealkylation sites (N-methyl/N-ethyl adjacent to an activating group) is 3. The van der Waals surface area contributed by atoms with Crippen molar-refractivity contribution in [2.45, 2.75) is 177 Å². The lowest BCUT2D eigenvalue weighted by molar-refractivity contribution is -0.275. The van der Waals surface area contributed by atoms with Crippen LogP contribution in [0.3, 0.4) is 0 Å². The normalized spacial score (nSPS) is 27.8. The molecule has 6 aromatic rings. The fourth-order valence-corrected chi connectivity index (χ4v) is 18.8. The maximum atomic E-state index is 16.7. The number of fused-ring (bicyclic) bond motifs is 13. The molecule has 19 N–H and O–H groups in total. The van der Waals surface area contributed by atoms with E-state index >= 15 is 33.6 Å². The summed E-state index contributed by atoms with van der Waals surface area (Å²) in [5.41, 5.74) is -1.85. The van der Waals surface area contributed by atoms with Gasteiger partial charge < -0.3 is 127 Å². The van der Waals surface area contributed by atoms with Crippen LogP contribution in [0.1, 0.15) is 158 Å². The highest BCUT2D eigenvalue weighted by molar-refractivity contribution is 6.32. The molecule has 7 aliphatic heterocycles. The number of carbonyl (C=O) groups excluding carboxylic acids is 10. The lowest BCUT2D eigenvalue weighted by Crippen LogP contribution is -2.65. The molecule has 660 valence electrons. The van der Waals surface area contributed by atoms with Crippen molar-refractivity contribution < 1.29 is 117 Å². The third kappa shape index (κ3) is 18.2. The molecule has 5 aliphatic carbocycles. The van der Waals surface area contributed by atoms with Crippen molar-refractivity contribution in [1.82, 2.24) is 63.8 Å². The van der Waals surface area contributed by atoms with Gasteiger partial charge in [0.2, 0.25) is 65.1 Å². The van der Waals surface area contributed by atoms with Crippen molar-refractivity contribution in [3.8, 4) is 57.1 Å². The average Bonchev–Trinajstić information content (AvgIpc) is 1.55. The zero-order chi connectivity index (χ0) is 88.0. The summed E-state index contributed by atoms with van der Waals surface area (Å²) in [5, 5.41) is 118. The number of alkyl carbamates (subject to hydrolysis) is 1. The number of carbonyl (C=O) groups is 10. The zero-order valence-corrected chi connectivity index (χ0v) is 69.4. The number of amides is 10. The second-order valence-corrected chi connectivity index (χ2v) is 33.9. The first-order valence-corrected chi connectivity index (χ1v) is 42.1. The van der Waals surface area contributed by atoms with E-state index in [-0.39, 0.29) is 134 Å². The highest BCUT2D eigenvalue weighted by Gasteiger charge is 2.54. The molecule has 10 amide bonds. The number of imide groups is 1. The van der Waals surface area contributed by atoms with Crippen LogP contribution in [0.5, 0.6) is 46.0 Å². The summed E-state index contributed by atoms with van der Waals surface area (Å²) in [4.78, 5) is 153. The van der Waals surface area contributed by atoms with Crippen LogP contribution >= 0.6 is 11.6 Å². The van der Waals surface area contributed by atoms with E-state index in [1.165, 1.54) is 92.8 Å². The Hall–Kier alpha value is -11.3. The number of ether oxygens (including phenoxy) is 7. The summed E-state index contributed by atoms with van der Waals surface area (Å²) >= 11 is 7.26. The molecular formula is C87H101ClN12O24. The van der Waals surface area contributed by atoms with E-state index < -0.39 is 185 Å². The monoisotopic (exact) mass is 1730 g/mol. The fraction of sp³-hybridized carbons (Fsp3) is 0.471. The van der Waals surface area contributed by atoms with Gasteiger partial charge in [0.1, 0.15) is 109 Å². The summed E-state index contributed by atoms with van der Waals surface area (Å²) in [6, 6.07) is 5.82. The fourth-order valence-electron chi connectivity index (χ4n) is 18.5. The smallest absolute Gasteiger partial charge is 0.407 e. The highest BCUT2D eigenvalue weighted by atomic mass is 35.5. The Labute approximate surface area is 716 Å². The van der Waals surface area contributed by atoms with Gasteiger partial charge in [-0.05, 0) is 206 Å². The van der Waals surface area contributed by atoms with E-state index in [9.17, 15) is 50.1 Å². The summed E-state index contributed by atoms with van der Waals surface area (Å²) < 4.78 is 43.8. The minimum atomic E-state index is -2.98. The predicted molar refractivity (Wildman–Crippen MR) is 439 cm³/mol. The van der Waals surface area contributed by atoms with Gasteiger partial charge in [-0.3, -0.25) is 48.5 Å². The van der Waals surface area contributed by atoms with Crippen molar-refractivity contribution in [3.63, 3.8) is 0 Å². The topological polar surface area (TPSA) is 521 Å². The number of aromatic hydroxyl groups is 1. The SMILES string of the molecule is CCNCCOc1cc(OCCNCC)cc(C(=O)NC(=O)C[C@@H]2NC(=O)[C@H](NC(=O)[C@@H](CC(C)C)NC)[C@H](O)c3ccc(c(C)c3)Oc3cc4cc(c3O[C@@H]3O[C@@H]5CNC(=O)O[C@H]5[C@H](O)[C@H]3O)Oc3ccc(cc3Cl)[C@@H](O)[C@@H]3NC(=O)[C@H](NC(=O)[C@@H]4NC2=O)c2ccc4c(c2)-c2c(cc(O)cc2C4(O)O)[C@@H](C(=O)NC2C4CC5CC(C4)CC2C5)NC3=O)c1. The third-order valence-corrected chi connectivity index (χ3v) is 24.7. The van der Waals surface area contributed by atoms with Crippen molar-refractivity contribution in [1.29, 1.82) is 0 Å². The number of hydrogen-bond acceptors (Lipinski definition) is 27. The summed E-state index contributed by atoms with van der Waals surface area (Å²) in [5.74, 6) is -14.9. The number of aliphatic hydroxyl groups excluding tert-OH is 4. The van der Waals surface area contributed by atoms with Crippen LogP contribution in [0.4, 0.5) is 4.79 Å². The molecule has 6 aromatic carbocycles. The van der Waals surface area contributed by atoms with E-state index in [1.807, 2.05) is 27.7 Å². The van der Waals surface area contributed by atoms with Crippen molar-refractivity contribution >= 4 is 70.9 Å². The Morgan fingerprint density at radius 1 is 0.645 bits per heavy atom. The molecule has 124 heavy (non-hydrogen) atoms. The van der Waals surface area contributed by atoms with E-state index in [1.54, 1.807) is 0 Å². The molecular weight excluding hydrogens is 1630 g/mol. The lowest BCUT2D eigenvalue weighted by Gasteiger charge is -2.54. The standard InChI is InChI=1S/C87H101ClN12O24/c1-7-90-15-17-118-49-26-47(27-50(34-49)119-18-16-91-8-2)77(107)94-63(102)35-57-79(109)96-67-46-30-60(120-58-13-10-42(20-38(58)5)71(103)69(83(113)93-57)99-78(108)56(89-6)19-37(3)4)75(123-85-74(106)73(105)76-62(122-85)36-92-86(115)124-76)61(31-46)121-59-14-11-43(29-55(59)88)72(104)70-84(114)98-68(82(112)95-65-44-22-39-21-40(24-44)25-45(65)23-39)52-32-48(101)33-54-64(52)51-28-41(9-12-53(51)87(54,116)117)66(80(110)100-70)97-81(67)111/h9-14,20,26-34,37,39-40,44-45,56-57,62,65-74,76,85,89-91,101,103-106,116-117H,7-8,15-19,21-25,35-36H2,1-6H3,(H,92,115)(H,93,113)(H,95,112)(H,96,109)(H,97,111)(H,98,114)(H,99,108)(H,100,110)(H,94,102,107)/t39?,40?,44?,45?,56-,57+,62-,65?,66-,67-,68+,69-,70+,71-,72-,73-,74-,76-,85+/m1/s1. The average molecular weight is 1730 g/mol. The Kier molecular flexibility index (Phi) is 25.8. The largest absolute Gasteiger partial charge is 0.508 e. The van der Waals surface area contributed by atoms with Crippen molar-refractivity contribution in [2.75, 3.05) is 53.0 Å². The Morgan fingerprint density at radius 3 is 1.92 bits per heavy atom. The third-order valence-electron chi connectivity index (χ3n) is 24.4. The van der Waals surface area contributed by atoms with E-state index in [0.29, 0.717) is 38.0 Å². The van der Waals surface area contributed by atoms with Gasteiger partial charge in [-0.25, -0.2) is 4.79 Å². The van der Waals surface area contributed by atoms with Crippen molar-refractivity contribution in [3.05, 3.63) is 152 Å². The highest BCUT2D eigenvalue weighted by Crippen LogP contribution is 2.56. The van der Waals surface area contributed by atoms with Gasteiger partial charge in [0.25, 0.3) is 5.91 Å². The number of aliphatic hydroxyl groups is 6. The molecule has 14 atom stereocenters. The van der Waals surface area contributed by atoms with Crippen molar-refractivity contribution in [2.24, 2.45) is 29.6 Å². The van der Waals surface area contributed by atoms with Crippen LogP contribution < -0.4 is 87.5 Å². The maximum Gasteiger partial charge on any atom is 0.407 e. The number of phenolic OH excluding ortho intramolecular Hbond substituents is 1. The van der Waals surface area contributed by atoms with Crippen LogP contribution in [0.15, 0.2) is 97.1 Å². The van der Waals surface area contributed by atoms with Crippen LogP contribution in [-0.2, 0) is 53.6 Å². The van der Waals surface area contributed by atoms with Gasteiger partial charge >= 0.3 is 6.09 Å². The van der Waals surface area contributed by atoms with Crippen LogP contribution in [0.25, 0.3) is 11.1 Å². The molecule has 36 nitrogen and oxygen atoms in total. The van der Waals surface area contributed by atoms with Crippen LogP contribution in [0, 0.1) is 36.5 Å². The predicted octanol–water partition coefficient (Wildman–Crippen LogP) is 2.67. The van der Waals surface area contributed by atoms with Gasteiger partial charge in [-0.2, -0.15) is 0 Å². The Morgan fingerprint density at radius 2 is 1.27 bits per heavy atom. The molecule has 6 fully saturated rings. The maximum absolute atomic E-state index is 16.7. The first-order chi connectivity index (χ1) is 59.3. The molecule has 0 aromatic heterocycles. The van der Waals surface area contributed by atoms with E-state index in [0.717, 1.165) is 50.3 Å². The van der Waals surface area contributed by atoms with E-state index in [2.05, 4.69) is 63.8 Å². The number of rotatable bonds is 22. The molecule has 18 rings (SSSR count). The van der Waals surface area contributed by atoms with Crippen LogP contribution in [-0.4, -0.2) is 209 Å². The van der Waals surface area contributed by atoms with Gasteiger partial charge in [-0.15, -0.1) is 0 Å². The minimum absolute atomic E-state index is 0.0444. The number of hydrogen-bond donors (Lipinski definition) is 19. The zero-order valence-electron chi connectivity index (χ0n) is 68.6. The lowest BCUT2D eigenvalue weighted by atomic mass is 9.54. The first-order valence-electron chi connectivity index (χ1n) is 41.7. The number of phenols is 1. The number of halogens is 1. The molecule has 37 heteroatoms. The molecule has 12 aliphatic rings. The Bertz CT molecular complexity index is 5130. The summed E-state index contributed by atoms with van der Waals surface area (Å²) in [6.45, 7) is 11.1. The number of nitrogens with one attached hydrogen (secondary N) is 12. The quantitative estimate of drug-likeness (QED) is 0.0343. The second kappa shape index (κ2) is 36.5. The number of benzene rings is 6. The summed E-state index contributed by atoms with van der Waals surface area (Å²) in [7, 11) is 1.50. The number of aryl methyl sites for hydroxylation is 1. The molecule has 0 unspecified atom stereocenters. The Balaban J connectivity index is 0.900. The molecule has 4 saturated carbocycles. The van der Waals surface area contributed by atoms with Gasteiger partial charge in [0.05, 0.1) is 24.0 Å². The second-order valence-electron chi connectivity index (χ2n) is 33.5. The minimum Gasteiger partial charge on any atom is -0.508 e. The summed E-state index contributed by atoms with van der Waals surface area (Å²) in [6.07, 6.45) is -10.2. The van der Waals surface area contributed by atoms with Gasteiger partial charge in [0, 0.05) is 41.9 Å². The first kappa shape index (κ1) is 87.6. The van der Waals surface area contributed by atoms with Gasteiger partial charge in [-0.1, -0.05) is 63.6 Å². The van der Waals surface area contributed by atoms with E-state index in [4.69, 9.17) is 44.8 Å². The van der Waals surface area contributed by atoms with Crippen LogP contribution in [0.2, 0.25) is 5.02 Å². The molecule has 7 heterocycles. The molecule has 2 saturated heterocycles. The van der Waals surface area contributed by atoms with Gasteiger partial charge in [0.15, 0.2) is 17.6 Å².